The Morgan fingerprint density at radius 2 is 2.00 bits per heavy atom. The van der Waals surface area contributed by atoms with Crippen LogP contribution in [0.3, 0.4) is 0 Å². The molecule has 2 aromatic rings. The van der Waals surface area contributed by atoms with Crippen LogP contribution in [-0.2, 0) is 11.0 Å². The summed E-state index contributed by atoms with van der Waals surface area (Å²) < 4.78 is 43.6. The highest BCUT2D eigenvalue weighted by Gasteiger charge is 2.34. The average molecular weight is 388 g/mol. The summed E-state index contributed by atoms with van der Waals surface area (Å²) in [5.41, 5.74) is -0.642. The summed E-state index contributed by atoms with van der Waals surface area (Å²) >= 11 is 0.923. The number of aryl methyl sites for hydroxylation is 1. The molecule has 0 saturated heterocycles. The standard InChI is InChI=1S/C16H15F3N2O4S/c1-8-13(15(23)24)26-14(21-8)9(2)20-12(22)7-25-11-6-4-3-5-10(11)16(17,18)19/h3-6,9H,7H2,1-2H3,(H,20,22)(H,23,24). The fourth-order valence-corrected chi connectivity index (χ4v) is 3.02. The Balaban J connectivity index is 1.99. The van der Waals surface area contributed by atoms with Gasteiger partial charge >= 0.3 is 12.1 Å². The van der Waals surface area contributed by atoms with Crippen LogP contribution in [0, 0.1) is 6.92 Å². The van der Waals surface area contributed by atoms with Gasteiger partial charge in [-0.2, -0.15) is 13.2 Å². The number of nitrogens with one attached hydrogen (secondary N) is 1. The van der Waals surface area contributed by atoms with Gasteiger partial charge in [-0.25, -0.2) is 9.78 Å². The number of rotatable bonds is 6. The van der Waals surface area contributed by atoms with Crippen molar-refractivity contribution in [3.05, 3.63) is 45.4 Å². The molecule has 0 aliphatic heterocycles. The van der Waals surface area contributed by atoms with Crippen LogP contribution in [-0.4, -0.2) is 28.6 Å². The first kappa shape index (κ1) is 19.7. The highest BCUT2D eigenvalue weighted by atomic mass is 32.1. The number of hydrogen-bond donors (Lipinski definition) is 2. The molecule has 2 N–H and O–H groups in total. The van der Waals surface area contributed by atoms with Gasteiger partial charge in [0.1, 0.15) is 15.6 Å². The molecule has 0 spiro atoms. The minimum atomic E-state index is -4.59. The molecule has 1 unspecified atom stereocenters. The van der Waals surface area contributed by atoms with E-state index in [1.807, 2.05) is 0 Å². The van der Waals surface area contributed by atoms with E-state index >= 15 is 0 Å². The Bertz CT molecular complexity index is 820. The number of carboxylic acids is 1. The molecule has 6 nitrogen and oxygen atoms in total. The van der Waals surface area contributed by atoms with Crippen LogP contribution in [0.4, 0.5) is 13.2 Å². The number of benzene rings is 1. The zero-order chi connectivity index (χ0) is 19.5. The summed E-state index contributed by atoms with van der Waals surface area (Å²) in [6.07, 6.45) is -4.59. The lowest BCUT2D eigenvalue weighted by Crippen LogP contribution is -2.31. The van der Waals surface area contributed by atoms with E-state index in [1.165, 1.54) is 19.1 Å². The maximum absolute atomic E-state index is 12.9. The topological polar surface area (TPSA) is 88.5 Å². The molecule has 0 saturated carbocycles. The molecule has 0 radical (unpaired) electrons. The van der Waals surface area contributed by atoms with Crippen LogP contribution in [0.1, 0.15) is 38.9 Å². The van der Waals surface area contributed by atoms with Gasteiger partial charge in [-0.3, -0.25) is 4.79 Å². The molecule has 1 heterocycles. The first-order valence-electron chi connectivity index (χ1n) is 7.38. The van der Waals surface area contributed by atoms with Gasteiger partial charge in [0, 0.05) is 0 Å². The number of alkyl halides is 3. The normalized spacial score (nSPS) is 12.5. The van der Waals surface area contributed by atoms with E-state index in [9.17, 15) is 22.8 Å². The first-order chi connectivity index (χ1) is 12.1. The van der Waals surface area contributed by atoms with Crippen LogP contribution in [0.2, 0.25) is 0 Å². The van der Waals surface area contributed by atoms with Crippen LogP contribution < -0.4 is 10.1 Å². The zero-order valence-corrected chi connectivity index (χ0v) is 14.6. The lowest BCUT2D eigenvalue weighted by Gasteiger charge is -2.15. The van der Waals surface area contributed by atoms with E-state index in [4.69, 9.17) is 9.84 Å². The van der Waals surface area contributed by atoms with Crippen LogP contribution in [0.25, 0.3) is 0 Å². The van der Waals surface area contributed by atoms with Crippen molar-refractivity contribution in [1.29, 1.82) is 0 Å². The lowest BCUT2D eigenvalue weighted by atomic mass is 10.2. The van der Waals surface area contributed by atoms with E-state index in [0.717, 1.165) is 23.5 Å². The number of aromatic nitrogens is 1. The molecule has 1 atom stereocenters. The fraction of sp³-hybridized carbons (Fsp3) is 0.312. The average Bonchev–Trinajstić information content (AvgIpc) is 2.94. The summed E-state index contributed by atoms with van der Waals surface area (Å²) in [4.78, 5) is 27.1. The van der Waals surface area contributed by atoms with Gasteiger partial charge in [0.25, 0.3) is 5.91 Å². The van der Waals surface area contributed by atoms with Crippen LogP contribution in [0.15, 0.2) is 24.3 Å². The van der Waals surface area contributed by atoms with E-state index in [1.54, 1.807) is 6.92 Å². The summed E-state index contributed by atoms with van der Waals surface area (Å²) in [5, 5.41) is 11.9. The zero-order valence-electron chi connectivity index (χ0n) is 13.8. The lowest BCUT2D eigenvalue weighted by molar-refractivity contribution is -0.139. The minimum absolute atomic E-state index is 0.0662. The number of carbonyl (C=O) groups excluding carboxylic acids is 1. The van der Waals surface area contributed by atoms with Gasteiger partial charge < -0.3 is 15.2 Å². The summed E-state index contributed by atoms with van der Waals surface area (Å²) in [5.74, 6) is -2.21. The quantitative estimate of drug-likeness (QED) is 0.792. The minimum Gasteiger partial charge on any atom is -0.483 e. The number of amides is 1. The van der Waals surface area contributed by atoms with E-state index in [-0.39, 0.29) is 4.88 Å². The van der Waals surface area contributed by atoms with Crippen molar-refractivity contribution in [2.45, 2.75) is 26.1 Å². The predicted octanol–water partition coefficient (Wildman–Crippen LogP) is 3.42. The number of carboxylic acid groups (broad SMARTS) is 1. The van der Waals surface area contributed by atoms with Gasteiger partial charge in [-0.05, 0) is 26.0 Å². The fourth-order valence-electron chi connectivity index (χ4n) is 2.12. The third-order valence-electron chi connectivity index (χ3n) is 3.31. The molecule has 1 aromatic carbocycles. The highest BCUT2D eigenvalue weighted by Crippen LogP contribution is 2.35. The van der Waals surface area contributed by atoms with E-state index < -0.39 is 42.0 Å². The third-order valence-corrected chi connectivity index (χ3v) is 4.63. The van der Waals surface area contributed by atoms with Gasteiger partial charge in [0.05, 0.1) is 17.3 Å². The Labute approximate surface area is 150 Å². The number of aromatic carboxylic acids is 1. The van der Waals surface area contributed by atoms with Crippen molar-refractivity contribution in [2.75, 3.05) is 6.61 Å². The van der Waals surface area contributed by atoms with Gasteiger partial charge in [-0.15, -0.1) is 11.3 Å². The van der Waals surface area contributed by atoms with Gasteiger partial charge in [0.15, 0.2) is 6.61 Å². The Morgan fingerprint density at radius 1 is 1.35 bits per heavy atom. The molecular weight excluding hydrogens is 373 g/mol. The number of carbonyl (C=O) groups is 2. The van der Waals surface area contributed by atoms with Gasteiger partial charge in [0.2, 0.25) is 0 Å². The number of para-hydroxylation sites is 1. The van der Waals surface area contributed by atoms with Crippen LogP contribution >= 0.6 is 11.3 Å². The van der Waals surface area contributed by atoms with Crippen molar-refractivity contribution < 1.29 is 32.6 Å². The van der Waals surface area contributed by atoms with Crippen molar-refractivity contribution >= 4 is 23.2 Å². The van der Waals surface area contributed by atoms with E-state index in [2.05, 4.69) is 10.3 Å². The predicted molar refractivity (Wildman–Crippen MR) is 87.3 cm³/mol. The monoisotopic (exact) mass is 388 g/mol. The molecule has 10 heteroatoms. The summed E-state index contributed by atoms with van der Waals surface area (Å²) in [7, 11) is 0. The molecule has 140 valence electrons. The number of thiazole rings is 1. The third kappa shape index (κ3) is 4.72. The SMILES string of the molecule is Cc1nc(C(C)NC(=O)COc2ccccc2C(F)(F)F)sc1C(=O)O. The number of ether oxygens (including phenoxy) is 1. The van der Waals surface area contributed by atoms with Gasteiger partial charge in [-0.1, -0.05) is 12.1 Å². The molecular formula is C16H15F3N2O4S. The summed E-state index contributed by atoms with van der Waals surface area (Å²) in [6, 6.07) is 3.98. The molecule has 1 amide bonds. The molecule has 2 rings (SSSR count). The molecule has 26 heavy (non-hydrogen) atoms. The molecule has 1 aromatic heterocycles. The van der Waals surface area contributed by atoms with Crippen molar-refractivity contribution in [2.24, 2.45) is 0 Å². The Hall–Kier alpha value is -2.62. The molecule has 0 aliphatic rings. The van der Waals surface area contributed by atoms with Crippen molar-refractivity contribution in [3.8, 4) is 5.75 Å². The largest absolute Gasteiger partial charge is 0.483 e. The molecule has 0 bridgehead atoms. The van der Waals surface area contributed by atoms with Crippen molar-refractivity contribution in [3.63, 3.8) is 0 Å². The van der Waals surface area contributed by atoms with Crippen LogP contribution in [0.5, 0.6) is 5.75 Å². The smallest absolute Gasteiger partial charge is 0.419 e. The Kier molecular flexibility index (Phi) is 5.86. The second-order valence-electron chi connectivity index (χ2n) is 5.34. The maximum atomic E-state index is 12.9. The maximum Gasteiger partial charge on any atom is 0.419 e. The molecule has 0 fully saturated rings. The second kappa shape index (κ2) is 7.73. The first-order valence-corrected chi connectivity index (χ1v) is 8.20. The number of halogens is 3. The number of hydrogen-bond acceptors (Lipinski definition) is 5. The second-order valence-corrected chi connectivity index (χ2v) is 6.37. The van der Waals surface area contributed by atoms with Crippen molar-refractivity contribution in [1.82, 2.24) is 10.3 Å². The highest BCUT2D eigenvalue weighted by molar-refractivity contribution is 7.13. The number of nitrogens with zero attached hydrogens (tertiary/aromatic N) is 1. The summed E-state index contributed by atoms with van der Waals surface area (Å²) in [6.45, 7) is 2.51. The molecule has 0 aliphatic carbocycles. The van der Waals surface area contributed by atoms with E-state index in [0.29, 0.717) is 10.7 Å². The Morgan fingerprint density at radius 3 is 2.58 bits per heavy atom.